The standard InChI is InChI=1S/C27H24N2O7S2/c1-19-9-13-25(14-10-19)37(31,32)35-23-7-3-5-21(17-23)29(27(28)30)22-6-4-8-24(18-22)36-38(33,34)26-15-11-20(2)12-16-26/h3-18H,1-2H3,(H2,28,30). The van der Waals surface area contributed by atoms with Gasteiger partial charge in [0.25, 0.3) is 0 Å². The molecule has 2 amide bonds. The van der Waals surface area contributed by atoms with Crippen LogP contribution in [-0.4, -0.2) is 22.9 Å². The van der Waals surface area contributed by atoms with Crippen LogP contribution in [0.4, 0.5) is 16.2 Å². The van der Waals surface area contributed by atoms with Crippen LogP contribution in [0.3, 0.4) is 0 Å². The van der Waals surface area contributed by atoms with Crippen molar-refractivity contribution in [1.82, 2.24) is 0 Å². The molecule has 9 nitrogen and oxygen atoms in total. The first-order chi connectivity index (χ1) is 17.9. The van der Waals surface area contributed by atoms with Crippen molar-refractivity contribution < 1.29 is 30.0 Å². The van der Waals surface area contributed by atoms with Crippen LogP contribution >= 0.6 is 0 Å². The molecule has 0 aliphatic carbocycles. The lowest BCUT2D eigenvalue weighted by atomic mass is 10.2. The SMILES string of the molecule is Cc1ccc(S(=O)(=O)Oc2cccc(N(C(N)=O)c3cccc(OS(=O)(=O)c4ccc(C)cc4)c3)c2)cc1. The summed E-state index contributed by atoms with van der Waals surface area (Å²) in [7, 11) is -8.27. The second-order valence-corrected chi connectivity index (χ2v) is 11.5. The Morgan fingerprint density at radius 3 is 1.34 bits per heavy atom. The Hall–Kier alpha value is -4.35. The molecule has 0 aromatic heterocycles. The molecule has 0 aliphatic heterocycles. The van der Waals surface area contributed by atoms with Crippen LogP contribution in [-0.2, 0) is 20.2 Å². The average molecular weight is 553 g/mol. The normalized spacial score (nSPS) is 11.5. The molecule has 0 atom stereocenters. The van der Waals surface area contributed by atoms with Crippen molar-refractivity contribution in [2.45, 2.75) is 23.6 Å². The number of carbonyl (C=O) groups is 1. The second-order valence-electron chi connectivity index (χ2n) is 8.37. The highest BCUT2D eigenvalue weighted by Crippen LogP contribution is 2.32. The molecule has 11 heteroatoms. The van der Waals surface area contributed by atoms with Crippen molar-refractivity contribution >= 4 is 37.6 Å². The van der Waals surface area contributed by atoms with Gasteiger partial charge >= 0.3 is 26.3 Å². The van der Waals surface area contributed by atoms with Gasteiger partial charge in [-0.1, -0.05) is 47.5 Å². The quantitative estimate of drug-likeness (QED) is 0.302. The lowest BCUT2D eigenvalue weighted by Crippen LogP contribution is -2.31. The van der Waals surface area contributed by atoms with Gasteiger partial charge in [-0.15, -0.1) is 0 Å². The molecule has 0 heterocycles. The van der Waals surface area contributed by atoms with Crippen molar-refractivity contribution in [3.8, 4) is 11.5 Å². The summed E-state index contributed by atoms with van der Waals surface area (Å²) in [5, 5.41) is 0. The van der Waals surface area contributed by atoms with Gasteiger partial charge in [0.15, 0.2) is 0 Å². The summed E-state index contributed by atoms with van der Waals surface area (Å²) in [4.78, 5) is 13.4. The minimum Gasteiger partial charge on any atom is -0.379 e. The van der Waals surface area contributed by atoms with Crippen molar-refractivity contribution in [2.24, 2.45) is 5.73 Å². The zero-order chi connectivity index (χ0) is 27.5. The highest BCUT2D eigenvalue weighted by molar-refractivity contribution is 7.87. The Labute approximate surface area is 221 Å². The van der Waals surface area contributed by atoms with Gasteiger partial charge in [-0.25, -0.2) is 4.79 Å². The van der Waals surface area contributed by atoms with Gasteiger partial charge < -0.3 is 14.1 Å². The summed E-state index contributed by atoms with van der Waals surface area (Å²) in [6.45, 7) is 3.66. The predicted octanol–water partition coefficient (Wildman–Crippen LogP) is 5.06. The number of nitrogens with two attached hydrogens (primary N) is 1. The van der Waals surface area contributed by atoms with Crippen LogP contribution in [0.1, 0.15) is 11.1 Å². The Balaban J connectivity index is 1.62. The third-order valence-corrected chi connectivity index (χ3v) is 7.93. The minimum atomic E-state index is -4.13. The number of rotatable bonds is 8. The number of hydrogen-bond acceptors (Lipinski definition) is 7. The molecule has 38 heavy (non-hydrogen) atoms. The second kappa shape index (κ2) is 10.6. The summed E-state index contributed by atoms with van der Waals surface area (Å²) >= 11 is 0. The monoisotopic (exact) mass is 552 g/mol. The van der Waals surface area contributed by atoms with Gasteiger partial charge in [0.1, 0.15) is 21.3 Å². The van der Waals surface area contributed by atoms with Crippen molar-refractivity contribution in [3.05, 3.63) is 108 Å². The molecule has 0 saturated carbocycles. The Morgan fingerprint density at radius 1 is 0.632 bits per heavy atom. The first-order valence-corrected chi connectivity index (χ1v) is 14.1. The molecule has 0 spiro atoms. The summed E-state index contributed by atoms with van der Waals surface area (Å²) in [5.74, 6) is -0.104. The highest BCUT2D eigenvalue weighted by atomic mass is 32.2. The van der Waals surface area contributed by atoms with E-state index >= 15 is 0 Å². The molecule has 0 saturated heterocycles. The first kappa shape index (κ1) is 26.7. The van der Waals surface area contributed by atoms with E-state index in [9.17, 15) is 21.6 Å². The van der Waals surface area contributed by atoms with Gasteiger partial charge in [0.05, 0.1) is 11.4 Å². The minimum absolute atomic E-state index is 0.0279. The fourth-order valence-corrected chi connectivity index (χ4v) is 5.36. The number of amides is 2. The third-order valence-electron chi connectivity index (χ3n) is 5.40. The molecule has 0 aliphatic rings. The van der Waals surface area contributed by atoms with Gasteiger partial charge in [-0.2, -0.15) is 16.8 Å². The van der Waals surface area contributed by atoms with E-state index in [0.717, 1.165) is 16.0 Å². The summed E-state index contributed by atoms with van der Waals surface area (Å²) in [6, 6.07) is 22.9. The molecule has 0 bridgehead atoms. The molecule has 4 rings (SSSR count). The number of anilines is 2. The number of hydrogen-bond donors (Lipinski definition) is 1. The molecule has 0 radical (unpaired) electrons. The van der Waals surface area contributed by atoms with Crippen LogP contribution in [0.5, 0.6) is 11.5 Å². The largest absolute Gasteiger partial charge is 0.379 e. The fourth-order valence-electron chi connectivity index (χ4n) is 3.51. The number of aryl methyl sites for hydroxylation is 2. The summed E-state index contributed by atoms with van der Waals surface area (Å²) in [5.41, 5.74) is 7.79. The topological polar surface area (TPSA) is 133 Å². The van der Waals surface area contributed by atoms with Crippen LogP contribution < -0.4 is 19.0 Å². The summed E-state index contributed by atoms with van der Waals surface area (Å²) in [6.07, 6.45) is 0. The lowest BCUT2D eigenvalue weighted by Gasteiger charge is -2.22. The maximum Gasteiger partial charge on any atom is 0.339 e. The van der Waals surface area contributed by atoms with Crippen LogP contribution in [0.25, 0.3) is 0 Å². The van der Waals surface area contributed by atoms with Crippen LogP contribution in [0.15, 0.2) is 107 Å². The zero-order valence-corrected chi connectivity index (χ0v) is 22.1. The van der Waals surface area contributed by atoms with E-state index in [1.54, 1.807) is 24.3 Å². The van der Waals surface area contributed by atoms with Crippen LogP contribution in [0, 0.1) is 13.8 Å². The highest BCUT2D eigenvalue weighted by Gasteiger charge is 2.21. The average Bonchev–Trinajstić information content (AvgIpc) is 2.84. The smallest absolute Gasteiger partial charge is 0.339 e. The number of benzene rings is 4. The number of nitrogens with zero attached hydrogens (tertiary/aromatic N) is 1. The van der Waals surface area contributed by atoms with Crippen LogP contribution in [0.2, 0.25) is 0 Å². The molecule has 4 aromatic carbocycles. The Kier molecular flexibility index (Phi) is 7.42. The van der Waals surface area contributed by atoms with Gasteiger partial charge in [-0.05, 0) is 62.4 Å². The number of urea groups is 1. The maximum atomic E-state index is 12.7. The molecular weight excluding hydrogens is 528 g/mol. The Morgan fingerprint density at radius 2 is 1.00 bits per heavy atom. The van der Waals surface area contributed by atoms with Crippen molar-refractivity contribution in [3.63, 3.8) is 0 Å². The molecule has 2 N–H and O–H groups in total. The molecule has 196 valence electrons. The molecule has 0 unspecified atom stereocenters. The Bertz CT molecular complexity index is 1560. The van der Waals surface area contributed by atoms with E-state index in [0.29, 0.717) is 0 Å². The van der Waals surface area contributed by atoms with E-state index in [2.05, 4.69) is 0 Å². The van der Waals surface area contributed by atoms with Crippen molar-refractivity contribution in [2.75, 3.05) is 4.90 Å². The van der Waals surface area contributed by atoms with E-state index < -0.39 is 26.3 Å². The van der Waals surface area contributed by atoms with E-state index in [1.807, 2.05) is 13.8 Å². The predicted molar refractivity (Wildman–Crippen MR) is 143 cm³/mol. The van der Waals surface area contributed by atoms with E-state index in [-0.39, 0.29) is 32.7 Å². The van der Waals surface area contributed by atoms with Gasteiger partial charge in [-0.3, -0.25) is 4.90 Å². The third kappa shape index (κ3) is 6.13. The lowest BCUT2D eigenvalue weighted by molar-refractivity contribution is 0.256. The molecule has 4 aromatic rings. The van der Waals surface area contributed by atoms with Gasteiger partial charge in [0, 0.05) is 12.1 Å². The van der Waals surface area contributed by atoms with Gasteiger partial charge in [0.2, 0.25) is 0 Å². The maximum absolute atomic E-state index is 12.7. The number of primary amides is 1. The van der Waals surface area contributed by atoms with Crippen molar-refractivity contribution in [1.29, 1.82) is 0 Å². The summed E-state index contributed by atoms with van der Waals surface area (Å²) < 4.78 is 61.4. The number of carbonyl (C=O) groups excluding carboxylic acids is 1. The molecular formula is C27H24N2O7S2. The first-order valence-electron chi connectivity index (χ1n) is 11.3. The zero-order valence-electron chi connectivity index (χ0n) is 20.4. The van der Waals surface area contributed by atoms with E-state index in [1.165, 1.54) is 72.8 Å². The van der Waals surface area contributed by atoms with E-state index in [4.69, 9.17) is 14.1 Å². The fraction of sp³-hybridized carbons (Fsp3) is 0.0741. The molecule has 0 fully saturated rings.